The smallest absolute Gasteiger partial charge is 0.256 e. The second-order valence-corrected chi connectivity index (χ2v) is 5.03. The van der Waals surface area contributed by atoms with E-state index in [9.17, 15) is 4.79 Å². The Kier molecular flexibility index (Phi) is 5.32. The number of rotatable bonds is 6. The van der Waals surface area contributed by atoms with Gasteiger partial charge >= 0.3 is 0 Å². The van der Waals surface area contributed by atoms with E-state index in [1.165, 1.54) is 0 Å². The Morgan fingerprint density at radius 2 is 1.90 bits per heavy atom. The zero-order valence-corrected chi connectivity index (χ0v) is 12.5. The molecule has 0 saturated heterocycles. The van der Waals surface area contributed by atoms with Crippen molar-refractivity contribution in [3.8, 4) is 0 Å². The molecular formula is C17H21N3O. The molecule has 0 atom stereocenters. The molecule has 0 unspecified atom stereocenters. The number of carbonyl (C=O) groups excluding carboxylic acids is 1. The topological polar surface area (TPSA) is 54.0 Å². The average molecular weight is 283 g/mol. The van der Waals surface area contributed by atoms with Crippen LogP contribution in [0.4, 0.5) is 11.5 Å². The second kappa shape index (κ2) is 7.43. The molecule has 4 nitrogen and oxygen atoms in total. The molecule has 2 N–H and O–H groups in total. The van der Waals surface area contributed by atoms with Crippen LogP contribution in [0.25, 0.3) is 0 Å². The number of unbranched alkanes of at least 4 members (excludes halogenated alkanes) is 1. The van der Waals surface area contributed by atoms with E-state index in [0.717, 1.165) is 30.6 Å². The molecule has 0 aliphatic rings. The Morgan fingerprint density at radius 3 is 2.52 bits per heavy atom. The largest absolute Gasteiger partial charge is 0.384 e. The molecule has 2 aromatic rings. The highest BCUT2D eigenvalue weighted by atomic mass is 16.1. The lowest BCUT2D eigenvalue weighted by atomic mass is 10.1. The minimum atomic E-state index is -0.144. The van der Waals surface area contributed by atoms with Crippen LogP contribution >= 0.6 is 0 Å². The third-order valence-corrected chi connectivity index (χ3v) is 3.18. The highest BCUT2D eigenvalue weighted by molar-refractivity contribution is 6.03. The molecule has 4 heteroatoms. The maximum absolute atomic E-state index is 12.1. The van der Waals surface area contributed by atoms with Crippen molar-refractivity contribution >= 4 is 17.4 Å². The summed E-state index contributed by atoms with van der Waals surface area (Å²) in [5, 5.41) is 6.08. The zero-order chi connectivity index (χ0) is 15.1. The van der Waals surface area contributed by atoms with E-state index in [4.69, 9.17) is 0 Å². The normalized spacial score (nSPS) is 10.2. The number of nitrogens with zero attached hydrogens (tertiary/aromatic N) is 1. The molecule has 0 radical (unpaired) electrons. The zero-order valence-electron chi connectivity index (χ0n) is 12.5. The second-order valence-electron chi connectivity index (χ2n) is 5.03. The highest BCUT2D eigenvalue weighted by Crippen LogP contribution is 2.11. The fourth-order valence-corrected chi connectivity index (χ4v) is 1.88. The SMILES string of the molecule is CCCCNc1ccc(NC(=O)c2ccc(C)cc2)nc1. The van der Waals surface area contributed by atoms with Gasteiger partial charge in [-0.15, -0.1) is 0 Å². The van der Waals surface area contributed by atoms with E-state index < -0.39 is 0 Å². The minimum Gasteiger partial charge on any atom is -0.384 e. The fourth-order valence-electron chi connectivity index (χ4n) is 1.88. The Bertz CT molecular complexity index is 576. The van der Waals surface area contributed by atoms with Crippen molar-refractivity contribution in [3.63, 3.8) is 0 Å². The molecule has 1 aromatic heterocycles. The van der Waals surface area contributed by atoms with Gasteiger partial charge in [0.2, 0.25) is 0 Å². The summed E-state index contributed by atoms with van der Waals surface area (Å²) >= 11 is 0. The first kappa shape index (κ1) is 15.0. The number of anilines is 2. The number of hydrogen-bond donors (Lipinski definition) is 2. The van der Waals surface area contributed by atoms with E-state index >= 15 is 0 Å². The molecule has 110 valence electrons. The number of pyridine rings is 1. The summed E-state index contributed by atoms with van der Waals surface area (Å²) in [6, 6.07) is 11.2. The summed E-state index contributed by atoms with van der Waals surface area (Å²) in [5.41, 5.74) is 2.73. The molecule has 2 rings (SSSR count). The molecule has 21 heavy (non-hydrogen) atoms. The molecule has 0 saturated carbocycles. The van der Waals surface area contributed by atoms with Crippen molar-refractivity contribution < 1.29 is 4.79 Å². The minimum absolute atomic E-state index is 0.144. The molecule has 0 aliphatic carbocycles. The van der Waals surface area contributed by atoms with E-state index in [1.807, 2.05) is 37.3 Å². The van der Waals surface area contributed by atoms with Crippen LogP contribution in [0.15, 0.2) is 42.6 Å². The van der Waals surface area contributed by atoms with Gasteiger partial charge in [-0.25, -0.2) is 4.98 Å². The third kappa shape index (κ3) is 4.60. The van der Waals surface area contributed by atoms with Crippen molar-refractivity contribution in [2.45, 2.75) is 26.7 Å². The first-order chi connectivity index (χ1) is 10.2. The quantitative estimate of drug-likeness (QED) is 0.792. The van der Waals surface area contributed by atoms with Gasteiger partial charge in [-0.2, -0.15) is 0 Å². The fraction of sp³-hybridized carbons (Fsp3) is 0.294. The van der Waals surface area contributed by atoms with Crippen LogP contribution in [0.2, 0.25) is 0 Å². The van der Waals surface area contributed by atoms with Crippen molar-refractivity contribution in [2.75, 3.05) is 17.2 Å². The first-order valence-corrected chi connectivity index (χ1v) is 7.27. The molecule has 0 bridgehead atoms. The van der Waals surface area contributed by atoms with Gasteiger partial charge in [0, 0.05) is 12.1 Å². The summed E-state index contributed by atoms with van der Waals surface area (Å²) < 4.78 is 0. The summed E-state index contributed by atoms with van der Waals surface area (Å²) in [7, 11) is 0. The van der Waals surface area contributed by atoms with Gasteiger partial charge < -0.3 is 10.6 Å². The van der Waals surface area contributed by atoms with Crippen molar-refractivity contribution in [1.29, 1.82) is 0 Å². The van der Waals surface area contributed by atoms with E-state index in [2.05, 4.69) is 22.5 Å². The molecule has 0 spiro atoms. The number of hydrogen-bond acceptors (Lipinski definition) is 3. The third-order valence-electron chi connectivity index (χ3n) is 3.18. The maximum atomic E-state index is 12.1. The van der Waals surface area contributed by atoms with Gasteiger partial charge in [-0.1, -0.05) is 31.0 Å². The van der Waals surface area contributed by atoms with Crippen LogP contribution in [0, 0.1) is 6.92 Å². The predicted molar refractivity (Wildman–Crippen MR) is 86.8 cm³/mol. The van der Waals surface area contributed by atoms with E-state index in [-0.39, 0.29) is 5.91 Å². The van der Waals surface area contributed by atoms with Gasteiger partial charge in [0.25, 0.3) is 5.91 Å². The van der Waals surface area contributed by atoms with Gasteiger partial charge in [0.1, 0.15) is 5.82 Å². The number of benzene rings is 1. The lowest BCUT2D eigenvalue weighted by Crippen LogP contribution is -2.13. The Hall–Kier alpha value is -2.36. The molecule has 1 heterocycles. The van der Waals surface area contributed by atoms with Crippen LogP contribution in [0.1, 0.15) is 35.7 Å². The summed E-state index contributed by atoms with van der Waals surface area (Å²) in [4.78, 5) is 16.3. The van der Waals surface area contributed by atoms with Gasteiger partial charge in [0.15, 0.2) is 0 Å². The summed E-state index contributed by atoms with van der Waals surface area (Å²) in [6.45, 7) is 5.09. The van der Waals surface area contributed by atoms with Crippen LogP contribution in [0.3, 0.4) is 0 Å². The standard InChI is InChI=1S/C17H21N3O/c1-3-4-11-18-15-9-10-16(19-12-15)20-17(21)14-7-5-13(2)6-8-14/h5-10,12,18H,3-4,11H2,1-2H3,(H,19,20,21). The molecule has 1 aromatic carbocycles. The molecule has 0 fully saturated rings. The van der Waals surface area contributed by atoms with Gasteiger partial charge in [-0.05, 0) is 37.6 Å². The Morgan fingerprint density at radius 1 is 1.14 bits per heavy atom. The number of aryl methyl sites for hydroxylation is 1. The maximum Gasteiger partial charge on any atom is 0.256 e. The Balaban J connectivity index is 1.93. The molecule has 0 aliphatic heterocycles. The predicted octanol–water partition coefficient (Wildman–Crippen LogP) is 3.85. The summed E-state index contributed by atoms with van der Waals surface area (Å²) in [5.74, 6) is 0.413. The van der Waals surface area contributed by atoms with Gasteiger partial charge in [-0.3, -0.25) is 4.79 Å². The van der Waals surface area contributed by atoms with Crippen LogP contribution in [-0.4, -0.2) is 17.4 Å². The van der Waals surface area contributed by atoms with Crippen LogP contribution < -0.4 is 10.6 Å². The number of carbonyl (C=O) groups is 1. The van der Waals surface area contributed by atoms with E-state index in [1.54, 1.807) is 12.3 Å². The monoisotopic (exact) mass is 283 g/mol. The van der Waals surface area contributed by atoms with Crippen LogP contribution in [-0.2, 0) is 0 Å². The van der Waals surface area contributed by atoms with Crippen molar-refractivity contribution in [3.05, 3.63) is 53.7 Å². The summed E-state index contributed by atoms with van der Waals surface area (Å²) in [6.07, 6.45) is 4.03. The number of nitrogens with one attached hydrogen (secondary N) is 2. The highest BCUT2D eigenvalue weighted by Gasteiger charge is 2.06. The average Bonchev–Trinajstić information content (AvgIpc) is 2.50. The van der Waals surface area contributed by atoms with E-state index in [0.29, 0.717) is 11.4 Å². The number of aromatic nitrogens is 1. The van der Waals surface area contributed by atoms with Gasteiger partial charge in [0.05, 0.1) is 11.9 Å². The molecular weight excluding hydrogens is 262 g/mol. The Labute approximate surface area is 125 Å². The van der Waals surface area contributed by atoms with Crippen molar-refractivity contribution in [1.82, 2.24) is 4.98 Å². The first-order valence-electron chi connectivity index (χ1n) is 7.27. The lowest BCUT2D eigenvalue weighted by Gasteiger charge is -2.07. The van der Waals surface area contributed by atoms with Crippen LogP contribution in [0.5, 0.6) is 0 Å². The lowest BCUT2D eigenvalue weighted by molar-refractivity contribution is 0.102. The molecule has 1 amide bonds. The number of amides is 1. The van der Waals surface area contributed by atoms with Crippen molar-refractivity contribution in [2.24, 2.45) is 0 Å².